The van der Waals surface area contributed by atoms with Gasteiger partial charge in [-0.1, -0.05) is 29.8 Å². The number of halogens is 1. The van der Waals surface area contributed by atoms with Crippen LogP contribution in [-0.2, 0) is 26.2 Å². The maximum absolute atomic E-state index is 12.8. The van der Waals surface area contributed by atoms with Gasteiger partial charge >= 0.3 is 5.97 Å². The molecule has 1 aliphatic heterocycles. The van der Waals surface area contributed by atoms with E-state index in [1.54, 1.807) is 29.2 Å². The van der Waals surface area contributed by atoms with E-state index in [1.807, 2.05) is 0 Å². The molecule has 0 spiro atoms. The molecule has 2 aromatic rings. The molecule has 0 radical (unpaired) electrons. The van der Waals surface area contributed by atoms with Crippen molar-refractivity contribution in [1.82, 2.24) is 9.21 Å². The van der Waals surface area contributed by atoms with E-state index in [2.05, 4.69) is 0 Å². The summed E-state index contributed by atoms with van der Waals surface area (Å²) in [6, 6.07) is 12.7. The maximum Gasteiger partial charge on any atom is 0.338 e. The highest BCUT2D eigenvalue weighted by Gasteiger charge is 2.29. The van der Waals surface area contributed by atoms with Crippen molar-refractivity contribution >= 4 is 33.5 Å². The second-order valence-electron chi connectivity index (χ2n) is 6.60. The van der Waals surface area contributed by atoms with Crippen molar-refractivity contribution in [2.24, 2.45) is 0 Å². The van der Waals surface area contributed by atoms with Crippen molar-refractivity contribution in [3.63, 3.8) is 0 Å². The van der Waals surface area contributed by atoms with Crippen molar-refractivity contribution in [3.8, 4) is 0 Å². The van der Waals surface area contributed by atoms with Gasteiger partial charge in [-0.3, -0.25) is 4.79 Å². The van der Waals surface area contributed by atoms with Gasteiger partial charge in [-0.25, -0.2) is 13.2 Å². The molecular weight excluding hydrogens is 416 g/mol. The fourth-order valence-corrected chi connectivity index (χ4v) is 4.61. The number of carbonyl (C=O) groups is 2. The third-order valence-corrected chi connectivity index (χ3v) is 7.01. The molecule has 1 saturated heterocycles. The number of hydrogen-bond acceptors (Lipinski definition) is 5. The Labute approximate surface area is 174 Å². The van der Waals surface area contributed by atoms with Crippen LogP contribution in [0.15, 0.2) is 53.4 Å². The van der Waals surface area contributed by atoms with Crippen molar-refractivity contribution in [2.45, 2.75) is 18.4 Å². The molecule has 0 saturated carbocycles. The van der Waals surface area contributed by atoms with E-state index < -0.39 is 16.0 Å². The highest BCUT2D eigenvalue weighted by molar-refractivity contribution is 7.89. The summed E-state index contributed by atoms with van der Waals surface area (Å²) in [6.07, 6.45) is 0. The molecule has 154 valence electrons. The van der Waals surface area contributed by atoms with Gasteiger partial charge in [0.25, 0.3) is 0 Å². The summed E-state index contributed by atoms with van der Waals surface area (Å²) >= 11 is 6.04. The fraction of sp³-hybridized carbons (Fsp3) is 0.300. The van der Waals surface area contributed by atoms with Gasteiger partial charge in [0.2, 0.25) is 15.9 Å². The van der Waals surface area contributed by atoms with Crippen LogP contribution in [0.4, 0.5) is 0 Å². The smallest absolute Gasteiger partial charge is 0.338 e. The number of piperazine rings is 1. The number of esters is 1. The minimum Gasteiger partial charge on any atom is -0.457 e. The molecule has 0 N–H and O–H groups in total. The summed E-state index contributed by atoms with van der Waals surface area (Å²) in [7, 11) is -3.69. The Morgan fingerprint density at radius 3 is 2.21 bits per heavy atom. The van der Waals surface area contributed by atoms with E-state index in [0.717, 1.165) is 0 Å². The van der Waals surface area contributed by atoms with E-state index in [0.29, 0.717) is 23.7 Å². The standard InChI is InChI=1S/C20H21ClN2O5S/c1-15(24)22-10-12-23(13-11-22)29(26,27)18-8-6-16(7-9-18)20(25)28-14-17-4-2-3-5-19(17)21/h2-9H,10-14H2,1H3. The Kier molecular flexibility index (Phi) is 6.56. The minimum atomic E-state index is -3.69. The normalized spacial score (nSPS) is 15.2. The van der Waals surface area contributed by atoms with Gasteiger partial charge in [-0.15, -0.1) is 0 Å². The Bertz CT molecular complexity index is 1000. The molecule has 1 heterocycles. The molecule has 0 atom stereocenters. The molecule has 0 unspecified atom stereocenters. The van der Waals surface area contributed by atoms with Crippen LogP contribution in [0.2, 0.25) is 5.02 Å². The summed E-state index contributed by atoms with van der Waals surface area (Å²) in [5.41, 5.74) is 0.934. The van der Waals surface area contributed by atoms with Gasteiger partial charge in [0.1, 0.15) is 6.61 Å². The monoisotopic (exact) mass is 436 g/mol. The number of ether oxygens (including phenoxy) is 1. The second kappa shape index (κ2) is 8.94. The topological polar surface area (TPSA) is 84.0 Å². The average molecular weight is 437 g/mol. The molecule has 3 rings (SSSR count). The number of benzene rings is 2. The lowest BCUT2D eigenvalue weighted by Gasteiger charge is -2.33. The van der Waals surface area contributed by atoms with Crippen LogP contribution in [0.5, 0.6) is 0 Å². The van der Waals surface area contributed by atoms with Crippen molar-refractivity contribution in [2.75, 3.05) is 26.2 Å². The number of amides is 1. The van der Waals surface area contributed by atoms with Gasteiger partial charge in [-0.2, -0.15) is 4.31 Å². The fourth-order valence-electron chi connectivity index (χ4n) is 3.00. The van der Waals surface area contributed by atoms with Crippen LogP contribution < -0.4 is 0 Å². The Balaban J connectivity index is 1.64. The molecule has 2 aromatic carbocycles. The summed E-state index contributed by atoms with van der Waals surface area (Å²) in [5.74, 6) is -0.634. The number of sulfonamides is 1. The van der Waals surface area contributed by atoms with Crippen LogP contribution in [0, 0.1) is 0 Å². The quantitative estimate of drug-likeness (QED) is 0.672. The minimum absolute atomic E-state index is 0.0268. The second-order valence-corrected chi connectivity index (χ2v) is 8.95. The third kappa shape index (κ3) is 4.95. The molecule has 9 heteroatoms. The summed E-state index contributed by atoms with van der Waals surface area (Å²) < 4.78 is 32.2. The number of rotatable bonds is 5. The number of carbonyl (C=O) groups excluding carboxylic acids is 2. The largest absolute Gasteiger partial charge is 0.457 e. The van der Waals surface area contributed by atoms with Gasteiger partial charge in [0, 0.05) is 43.7 Å². The van der Waals surface area contributed by atoms with Crippen LogP contribution in [0.3, 0.4) is 0 Å². The first-order valence-electron chi connectivity index (χ1n) is 9.05. The molecule has 7 nitrogen and oxygen atoms in total. The Hall–Kier alpha value is -2.42. The molecule has 1 aliphatic rings. The number of nitrogens with zero attached hydrogens (tertiary/aromatic N) is 2. The van der Waals surface area contributed by atoms with E-state index in [9.17, 15) is 18.0 Å². The van der Waals surface area contributed by atoms with Crippen molar-refractivity contribution < 1.29 is 22.7 Å². The predicted octanol–water partition coefficient (Wildman–Crippen LogP) is 2.55. The van der Waals surface area contributed by atoms with Crippen LogP contribution >= 0.6 is 11.6 Å². The summed E-state index contributed by atoms with van der Waals surface area (Å²) in [5, 5.41) is 0.506. The molecule has 0 aliphatic carbocycles. The molecule has 29 heavy (non-hydrogen) atoms. The lowest BCUT2D eigenvalue weighted by molar-refractivity contribution is -0.129. The molecule has 1 fully saturated rings. The first-order chi connectivity index (χ1) is 13.8. The van der Waals surface area contributed by atoms with Crippen molar-refractivity contribution in [3.05, 3.63) is 64.7 Å². The first-order valence-corrected chi connectivity index (χ1v) is 10.9. The zero-order valence-electron chi connectivity index (χ0n) is 15.9. The predicted molar refractivity (Wildman–Crippen MR) is 108 cm³/mol. The Morgan fingerprint density at radius 1 is 1.00 bits per heavy atom. The molecule has 0 aromatic heterocycles. The zero-order valence-corrected chi connectivity index (χ0v) is 17.4. The number of hydrogen-bond donors (Lipinski definition) is 0. The summed E-state index contributed by atoms with van der Waals surface area (Å²) in [4.78, 5) is 25.3. The van der Waals surface area contributed by atoms with Crippen LogP contribution in [-0.4, -0.2) is 55.7 Å². The van der Waals surface area contributed by atoms with Crippen LogP contribution in [0.25, 0.3) is 0 Å². The average Bonchev–Trinajstić information content (AvgIpc) is 2.73. The maximum atomic E-state index is 12.8. The third-order valence-electron chi connectivity index (χ3n) is 4.73. The highest BCUT2D eigenvalue weighted by atomic mass is 35.5. The summed E-state index contributed by atoms with van der Waals surface area (Å²) in [6.45, 7) is 2.70. The van der Waals surface area contributed by atoms with Gasteiger partial charge in [0.15, 0.2) is 0 Å². The lowest BCUT2D eigenvalue weighted by atomic mass is 10.2. The van der Waals surface area contributed by atoms with E-state index >= 15 is 0 Å². The SMILES string of the molecule is CC(=O)N1CCN(S(=O)(=O)c2ccc(C(=O)OCc3ccccc3Cl)cc2)CC1. The molecule has 0 bridgehead atoms. The van der Waals surface area contributed by atoms with E-state index in [-0.39, 0.29) is 36.1 Å². The molecular formula is C20H21ClN2O5S. The molecule has 1 amide bonds. The van der Waals surface area contributed by atoms with Crippen LogP contribution in [0.1, 0.15) is 22.8 Å². The van der Waals surface area contributed by atoms with E-state index in [1.165, 1.54) is 35.5 Å². The van der Waals surface area contributed by atoms with Gasteiger partial charge in [0.05, 0.1) is 10.5 Å². The Morgan fingerprint density at radius 2 is 1.62 bits per heavy atom. The zero-order chi connectivity index (χ0) is 21.0. The highest BCUT2D eigenvalue weighted by Crippen LogP contribution is 2.20. The lowest BCUT2D eigenvalue weighted by Crippen LogP contribution is -2.49. The first kappa shape index (κ1) is 21.3. The van der Waals surface area contributed by atoms with Gasteiger partial charge in [-0.05, 0) is 30.3 Å². The van der Waals surface area contributed by atoms with Gasteiger partial charge < -0.3 is 9.64 Å². The van der Waals surface area contributed by atoms with E-state index in [4.69, 9.17) is 16.3 Å². The van der Waals surface area contributed by atoms with Crippen molar-refractivity contribution in [1.29, 1.82) is 0 Å².